The first-order valence-electron chi connectivity index (χ1n) is 6.02. The van der Waals surface area contributed by atoms with Crippen LogP contribution < -0.4 is 5.32 Å². The molecule has 1 heterocycles. The van der Waals surface area contributed by atoms with Crippen LogP contribution in [0.3, 0.4) is 0 Å². The molecule has 0 saturated heterocycles. The average molecular weight is 257 g/mol. The summed E-state index contributed by atoms with van der Waals surface area (Å²) in [5.74, 6) is -0.428. The maximum absolute atomic E-state index is 10.8. The minimum atomic E-state index is -1.05. The Kier molecular flexibility index (Phi) is 4.07. The normalized spacial score (nSPS) is 11.8. The van der Waals surface area contributed by atoms with Crippen molar-refractivity contribution in [1.29, 1.82) is 0 Å². The van der Waals surface area contributed by atoms with Gasteiger partial charge in [-0.25, -0.2) is 14.8 Å². The number of anilines is 1. The first kappa shape index (κ1) is 13.0. The Morgan fingerprint density at radius 3 is 2.74 bits per heavy atom. The molecule has 2 rings (SSSR count). The molecule has 0 bridgehead atoms. The number of hydrogen-bond donors (Lipinski definition) is 2. The lowest BCUT2D eigenvalue weighted by Gasteiger charge is -2.12. The molecule has 0 aliphatic heterocycles. The fourth-order valence-corrected chi connectivity index (χ4v) is 1.71. The van der Waals surface area contributed by atoms with Gasteiger partial charge >= 0.3 is 5.97 Å². The second-order valence-electron chi connectivity index (χ2n) is 4.26. The van der Waals surface area contributed by atoms with Crippen molar-refractivity contribution in [2.45, 2.75) is 12.8 Å². The first-order chi connectivity index (χ1) is 9.16. The van der Waals surface area contributed by atoms with Crippen LogP contribution in [0.25, 0.3) is 0 Å². The molecular weight excluding hydrogens is 242 g/mol. The third kappa shape index (κ3) is 3.51. The van der Waals surface area contributed by atoms with Crippen molar-refractivity contribution in [2.75, 3.05) is 11.9 Å². The molecule has 0 aliphatic carbocycles. The van der Waals surface area contributed by atoms with Crippen LogP contribution in [0.2, 0.25) is 0 Å². The minimum Gasteiger partial charge on any atom is -0.477 e. The molecule has 1 aromatic heterocycles. The van der Waals surface area contributed by atoms with E-state index in [0.29, 0.717) is 18.4 Å². The van der Waals surface area contributed by atoms with Crippen molar-refractivity contribution >= 4 is 11.9 Å². The van der Waals surface area contributed by atoms with Gasteiger partial charge in [-0.3, -0.25) is 0 Å². The third-order valence-corrected chi connectivity index (χ3v) is 2.81. The van der Waals surface area contributed by atoms with Crippen LogP contribution in [0.1, 0.15) is 28.9 Å². The number of aromatic carboxylic acids is 1. The van der Waals surface area contributed by atoms with Gasteiger partial charge in [-0.1, -0.05) is 37.3 Å². The molecule has 5 nitrogen and oxygen atoms in total. The zero-order valence-corrected chi connectivity index (χ0v) is 10.6. The van der Waals surface area contributed by atoms with Crippen molar-refractivity contribution < 1.29 is 9.90 Å². The Hall–Kier alpha value is -2.43. The molecule has 0 saturated carbocycles. The van der Waals surface area contributed by atoms with Crippen LogP contribution >= 0.6 is 0 Å². The molecule has 0 aliphatic rings. The molecule has 0 spiro atoms. The summed E-state index contributed by atoms with van der Waals surface area (Å²) < 4.78 is 0. The lowest BCUT2D eigenvalue weighted by Crippen LogP contribution is -2.13. The van der Waals surface area contributed by atoms with Crippen LogP contribution in [0.15, 0.2) is 42.6 Å². The number of carbonyl (C=O) groups is 1. The van der Waals surface area contributed by atoms with Crippen LogP contribution in [-0.4, -0.2) is 27.6 Å². The van der Waals surface area contributed by atoms with Gasteiger partial charge in [-0.15, -0.1) is 0 Å². The Morgan fingerprint density at radius 1 is 1.32 bits per heavy atom. The number of hydrogen-bond acceptors (Lipinski definition) is 4. The van der Waals surface area contributed by atoms with Gasteiger partial charge in [0.1, 0.15) is 0 Å². The van der Waals surface area contributed by atoms with Gasteiger partial charge in [0.2, 0.25) is 5.95 Å². The fraction of sp³-hybridized carbons (Fsp3) is 0.214. The third-order valence-electron chi connectivity index (χ3n) is 2.81. The number of carboxylic acids is 1. The van der Waals surface area contributed by atoms with E-state index < -0.39 is 5.97 Å². The molecule has 98 valence electrons. The number of nitrogens with one attached hydrogen (secondary N) is 1. The van der Waals surface area contributed by atoms with E-state index in [-0.39, 0.29) is 5.69 Å². The molecule has 0 amide bonds. The molecule has 2 aromatic rings. The van der Waals surface area contributed by atoms with Crippen LogP contribution in [0, 0.1) is 0 Å². The summed E-state index contributed by atoms with van der Waals surface area (Å²) in [5.41, 5.74) is 1.20. The molecule has 1 aromatic carbocycles. The smallest absolute Gasteiger partial charge is 0.354 e. The van der Waals surface area contributed by atoms with Gasteiger partial charge in [0, 0.05) is 12.7 Å². The average Bonchev–Trinajstić information content (AvgIpc) is 2.46. The predicted octanol–water partition coefficient (Wildman–Crippen LogP) is 2.39. The standard InChI is InChI=1S/C14H15N3O2/c1-10(11-5-3-2-4-6-11)9-16-14-15-8-7-12(17-14)13(18)19/h2-8,10H,9H2,1H3,(H,18,19)(H,15,16,17). The number of rotatable bonds is 5. The summed E-state index contributed by atoms with van der Waals surface area (Å²) in [6.45, 7) is 2.73. The van der Waals surface area contributed by atoms with Crippen molar-refractivity contribution in [3.63, 3.8) is 0 Å². The van der Waals surface area contributed by atoms with E-state index >= 15 is 0 Å². The van der Waals surface area contributed by atoms with E-state index in [1.54, 1.807) is 0 Å². The molecule has 2 N–H and O–H groups in total. The van der Waals surface area contributed by atoms with E-state index in [1.165, 1.54) is 17.8 Å². The van der Waals surface area contributed by atoms with Crippen LogP contribution in [-0.2, 0) is 0 Å². The maximum atomic E-state index is 10.8. The largest absolute Gasteiger partial charge is 0.477 e. The van der Waals surface area contributed by atoms with Gasteiger partial charge in [0.25, 0.3) is 0 Å². The van der Waals surface area contributed by atoms with Crippen molar-refractivity contribution in [3.05, 3.63) is 53.9 Å². The van der Waals surface area contributed by atoms with E-state index in [2.05, 4.69) is 34.3 Å². The van der Waals surface area contributed by atoms with Gasteiger partial charge in [0.15, 0.2) is 5.69 Å². The van der Waals surface area contributed by atoms with Crippen LogP contribution in [0.4, 0.5) is 5.95 Å². The number of benzene rings is 1. The van der Waals surface area contributed by atoms with Gasteiger partial charge in [-0.05, 0) is 17.5 Å². The maximum Gasteiger partial charge on any atom is 0.354 e. The lowest BCUT2D eigenvalue weighted by atomic mass is 10.0. The van der Waals surface area contributed by atoms with E-state index in [1.807, 2.05) is 18.2 Å². The molecule has 0 fully saturated rings. The number of carboxylic acid groups (broad SMARTS) is 1. The highest BCUT2D eigenvalue weighted by Crippen LogP contribution is 2.14. The number of aromatic nitrogens is 2. The summed E-state index contributed by atoms with van der Waals surface area (Å²) >= 11 is 0. The van der Waals surface area contributed by atoms with E-state index in [9.17, 15) is 4.79 Å². The van der Waals surface area contributed by atoms with Crippen LogP contribution in [0.5, 0.6) is 0 Å². The quantitative estimate of drug-likeness (QED) is 0.860. The Bertz CT molecular complexity index is 558. The van der Waals surface area contributed by atoms with Crippen molar-refractivity contribution in [1.82, 2.24) is 9.97 Å². The Balaban J connectivity index is 1.99. The highest BCUT2D eigenvalue weighted by molar-refractivity contribution is 5.85. The fourth-order valence-electron chi connectivity index (χ4n) is 1.71. The van der Waals surface area contributed by atoms with Gasteiger partial charge < -0.3 is 10.4 Å². The van der Waals surface area contributed by atoms with Crippen molar-refractivity contribution in [3.8, 4) is 0 Å². The van der Waals surface area contributed by atoms with E-state index in [4.69, 9.17) is 5.11 Å². The number of nitrogens with zero attached hydrogens (tertiary/aromatic N) is 2. The molecule has 1 unspecified atom stereocenters. The highest BCUT2D eigenvalue weighted by atomic mass is 16.4. The second-order valence-corrected chi connectivity index (χ2v) is 4.26. The van der Waals surface area contributed by atoms with Gasteiger partial charge in [-0.2, -0.15) is 0 Å². The highest BCUT2D eigenvalue weighted by Gasteiger charge is 2.08. The zero-order chi connectivity index (χ0) is 13.7. The van der Waals surface area contributed by atoms with Crippen molar-refractivity contribution in [2.24, 2.45) is 0 Å². The lowest BCUT2D eigenvalue weighted by molar-refractivity contribution is 0.0690. The SMILES string of the molecule is CC(CNc1nccc(C(=O)O)n1)c1ccccc1. The Labute approximate surface area is 111 Å². The molecule has 1 atom stereocenters. The molecule has 19 heavy (non-hydrogen) atoms. The minimum absolute atomic E-state index is 0.00939. The Morgan fingerprint density at radius 2 is 2.05 bits per heavy atom. The van der Waals surface area contributed by atoms with E-state index in [0.717, 1.165) is 0 Å². The monoisotopic (exact) mass is 257 g/mol. The summed E-state index contributed by atoms with van der Waals surface area (Å²) in [6.07, 6.45) is 1.44. The van der Waals surface area contributed by atoms with Gasteiger partial charge in [0.05, 0.1) is 0 Å². The summed E-state index contributed by atoms with van der Waals surface area (Å²) in [4.78, 5) is 18.7. The molecule has 0 radical (unpaired) electrons. The topological polar surface area (TPSA) is 75.1 Å². The zero-order valence-electron chi connectivity index (χ0n) is 10.6. The summed E-state index contributed by atoms with van der Waals surface area (Å²) in [7, 11) is 0. The molecular formula is C14H15N3O2. The summed E-state index contributed by atoms with van der Waals surface area (Å²) in [6, 6.07) is 11.4. The second kappa shape index (κ2) is 5.95. The molecule has 5 heteroatoms. The first-order valence-corrected chi connectivity index (χ1v) is 6.02. The predicted molar refractivity (Wildman–Crippen MR) is 72.3 cm³/mol. The summed E-state index contributed by atoms with van der Waals surface area (Å²) in [5, 5.41) is 11.9.